The van der Waals surface area contributed by atoms with E-state index in [1.807, 2.05) is 19.9 Å². The molecule has 1 amide bonds. The zero-order valence-corrected chi connectivity index (χ0v) is 18.8. The lowest BCUT2D eigenvalue weighted by molar-refractivity contribution is -0.147. The average Bonchev–Trinajstić information content (AvgIpc) is 2.96. The number of thioether (sulfide) groups is 1. The number of hydrogen-bond acceptors (Lipinski definition) is 6. The summed E-state index contributed by atoms with van der Waals surface area (Å²) in [5, 5.41) is 9.62. The van der Waals surface area contributed by atoms with Crippen LogP contribution in [0.3, 0.4) is 0 Å². The van der Waals surface area contributed by atoms with Crippen LogP contribution in [0.2, 0.25) is 0 Å². The quantitative estimate of drug-likeness (QED) is 0.326. The van der Waals surface area contributed by atoms with Crippen molar-refractivity contribution in [2.75, 3.05) is 13.7 Å². The number of thiocarbonyl (C=S) groups is 1. The largest absolute Gasteiger partial charge is 0.493 e. The van der Waals surface area contributed by atoms with Crippen LogP contribution in [0, 0.1) is 5.92 Å². The van der Waals surface area contributed by atoms with Gasteiger partial charge in [-0.3, -0.25) is 9.69 Å². The van der Waals surface area contributed by atoms with Crippen molar-refractivity contribution >= 4 is 46.3 Å². The lowest BCUT2D eigenvalue weighted by Gasteiger charge is -2.27. The lowest BCUT2D eigenvalue weighted by Crippen LogP contribution is -2.47. The van der Waals surface area contributed by atoms with Crippen LogP contribution in [0.5, 0.6) is 11.5 Å². The van der Waals surface area contributed by atoms with E-state index in [0.29, 0.717) is 29.4 Å². The van der Waals surface area contributed by atoms with Crippen LogP contribution < -0.4 is 9.47 Å². The van der Waals surface area contributed by atoms with Crippen LogP contribution in [0.4, 0.5) is 0 Å². The number of unbranched alkanes of at least 4 members (excludes halogenated alkanes) is 1. The maximum absolute atomic E-state index is 12.9. The summed E-state index contributed by atoms with van der Waals surface area (Å²) in [7, 11) is 1.56. The summed E-state index contributed by atoms with van der Waals surface area (Å²) in [5.74, 6) is -0.419. The highest BCUT2D eigenvalue weighted by Gasteiger charge is 2.42. The van der Waals surface area contributed by atoms with Crippen molar-refractivity contribution in [2.24, 2.45) is 5.92 Å². The van der Waals surface area contributed by atoms with Gasteiger partial charge >= 0.3 is 5.97 Å². The molecule has 1 aliphatic rings. The van der Waals surface area contributed by atoms with Gasteiger partial charge in [0.25, 0.3) is 5.91 Å². The number of carbonyl (C=O) groups is 2. The Bertz CT molecular complexity index is 808. The SMILES string of the molecule is CCCCOc1ccc(/C=C2\SC(=S)N([C@H](C(=O)O)[C@H](C)CC)C2=O)cc1OC. The highest BCUT2D eigenvalue weighted by atomic mass is 32.2. The monoisotopic (exact) mass is 437 g/mol. The third kappa shape index (κ3) is 5.51. The Hall–Kier alpha value is -2.06. The predicted molar refractivity (Wildman–Crippen MR) is 119 cm³/mol. The summed E-state index contributed by atoms with van der Waals surface area (Å²) < 4.78 is 11.4. The Morgan fingerprint density at radius 3 is 2.66 bits per heavy atom. The third-order valence-corrected chi connectivity index (χ3v) is 6.11. The zero-order chi connectivity index (χ0) is 21.6. The summed E-state index contributed by atoms with van der Waals surface area (Å²) in [6, 6.07) is 4.46. The van der Waals surface area contributed by atoms with Crippen molar-refractivity contribution in [1.29, 1.82) is 0 Å². The molecule has 0 radical (unpaired) electrons. The molecule has 2 rings (SSSR count). The van der Waals surface area contributed by atoms with E-state index in [1.54, 1.807) is 25.3 Å². The highest BCUT2D eigenvalue weighted by molar-refractivity contribution is 8.26. The minimum Gasteiger partial charge on any atom is -0.493 e. The summed E-state index contributed by atoms with van der Waals surface area (Å²) in [6.07, 6.45) is 4.32. The van der Waals surface area contributed by atoms with Gasteiger partial charge in [0.05, 0.1) is 18.6 Å². The summed E-state index contributed by atoms with van der Waals surface area (Å²) in [4.78, 5) is 26.3. The van der Waals surface area contributed by atoms with Crippen molar-refractivity contribution in [3.63, 3.8) is 0 Å². The van der Waals surface area contributed by atoms with E-state index in [9.17, 15) is 14.7 Å². The molecule has 1 aromatic carbocycles. The van der Waals surface area contributed by atoms with Crippen LogP contribution in [0.25, 0.3) is 6.08 Å². The molecule has 1 saturated heterocycles. The first kappa shape index (κ1) is 23.2. The van der Waals surface area contributed by atoms with E-state index < -0.39 is 12.0 Å². The third-order valence-electron chi connectivity index (χ3n) is 4.78. The van der Waals surface area contributed by atoms with E-state index in [2.05, 4.69) is 6.92 Å². The first-order valence-corrected chi connectivity index (χ1v) is 10.9. The van der Waals surface area contributed by atoms with Crippen molar-refractivity contribution in [2.45, 2.75) is 46.1 Å². The second-order valence-corrected chi connectivity index (χ2v) is 8.51. The molecule has 1 heterocycles. The molecular formula is C21H27NO5S2. The molecule has 6 nitrogen and oxygen atoms in total. The Kier molecular flexibility index (Phi) is 8.52. The number of carbonyl (C=O) groups excluding carboxylic acids is 1. The van der Waals surface area contributed by atoms with Gasteiger partial charge in [-0.05, 0) is 36.1 Å². The molecule has 2 atom stereocenters. The normalized spacial score (nSPS) is 17.5. The van der Waals surface area contributed by atoms with E-state index in [4.69, 9.17) is 21.7 Å². The molecule has 8 heteroatoms. The van der Waals surface area contributed by atoms with Crippen LogP contribution in [-0.2, 0) is 9.59 Å². The molecule has 0 spiro atoms. The maximum atomic E-state index is 12.9. The first-order valence-electron chi connectivity index (χ1n) is 9.64. The Labute approximate surface area is 181 Å². The molecule has 0 aliphatic carbocycles. The van der Waals surface area contributed by atoms with E-state index >= 15 is 0 Å². The second-order valence-electron chi connectivity index (χ2n) is 6.83. The molecule has 158 valence electrons. The standard InChI is InChI=1S/C21H27NO5S2/c1-5-7-10-27-15-9-8-14(11-16(15)26-4)12-17-19(23)22(21(28)29-17)18(20(24)25)13(3)6-2/h8-9,11-13,18H,5-7,10H2,1-4H3,(H,24,25)/b17-12-/t13-,18+/m1/s1. The van der Waals surface area contributed by atoms with Crippen molar-refractivity contribution < 1.29 is 24.2 Å². The second kappa shape index (κ2) is 10.6. The van der Waals surface area contributed by atoms with Gasteiger partial charge in [0, 0.05) is 0 Å². The van der Waals surface area contributed by atoms with Gasteiger partial charge in [-0.1, -0.05) is 63.7 Å². The van der Waals surface area contributed by atoms with Crippen LogP contribution in [0.1, 0.15) is 45.6 Å². The van der Waals surface area contributed by atoms with Crippen LogP contribution in [-0.4, -0.2) is 46.0 Å². The molecule has 0 aromatic heterocycles. The molecule has 29 heavy (non-hydrogen) atoms. The van der Waals surface area contributed by atoms with E-state index in [0.717, 1.165) is 30.2 Å². The van der Waals surface area contributed by atoms with Gasteiger partial charge < -0.3 is 14.6 Å². The summed E-state index contributed by atoms with van der Waals surface area (Å²) in [5.41, 5.74) is 0.751. The van der Waals surface area contributed by atoms with Crippen LogP contribution in [0.15, 0.2) is 23.1 Å². The molecule has 1 fully saturated rings. The number of ether oxygens (including phenoxy) is 2. The Morgan fingerprint density at radius 1 is 1.34 bits per heavy atom. The first-order chi connectivity index (χ1) is 13.8. The topological polar surface area (TPSA) is 76.1 Å². The van der Waals surface area contributed by atoms with Crippen molar-refractivity contribution in [1.82, 2.24) is 4.90 Å². The zero-order valence-electron chi connectivity index (χ0n) is 17.1. The fourth-order valence-corrected chi connectivity index (χ4v) is 4.25. The van der Waals surface area contributed by atoms with E-state index in [-0.39, 0.29) is 16.1 Å². The molecular weight excluding hydrogens is 410 g/mol. The smallest absolute Gasteiger partial charge is 0.327 e. The number of amides is 1. The number of rotatable bonds is 10. The molecule has 1 aromatic rings. The number of aliphatic carboxylic acids is 1. The Morgan fingerprint density at radius 2 is 2.07 bits per heavy atom. The van der Waals surface area contributed by atoms with Gasteiger partial charge in [-0.25, -0.2) is 4.79 Å². The summed E-state index contributed by atoms with van der Waals surface area (Å²) in [6.45, 7) is 6.40. The van der Waals surface area contributed by atoms with Crippen LogP contribution >= 0.6 is 24.0 Å². The van der Waals surface area contributed by atoms with Gasteiger partial charge in [-0.2, -0.15) is 0 Å². The predicted octanol–water partition coefficient (Wildman–Crippen LogP) is 4.57. The van der Waals surface area contributed by atoms with Crippen molar-refractivity contribution in [3.05, 3.63) is 28.7 Å². The molecule has 1 aliphatic heterocycles. The highest BCUT2D eigenvalue weighted by Crippen LogP contribution is 2.37. The number of methoxy groups -OCH3 is 1. The molecule has 0 saturated carbocycles. The number of carboxylic acids is 1. The minimum absolute atomic E-state index is 0.214. The minimum atomic E-state index is -1.05. The maximum Gasteiger partial charge on any atom is 0.327 e. The number of carboxylic acid groups (broad SMARTS) is 1. The number of benzene rings is 1. The Balaban J connectivity index is 2.27. The number of hydrogen-bond donors (Lipinski definition) is 1. The van der Waals surface area contributed by atoms with Gasteiger partial charge in [0.15, 0.2) is 11.5 Å². The molecule has 0 bridgehead atoms. The van der Waals surface area contributed by atoms with Gasteiger partial charge in [0.1, 0.15) is 10.4 Å². The average molecular weight is 438 g/mol. The fraction of sp³-hybridized carbons (Fsp3) is 0.476. The fourth-order valence-electron chi connectivity index (χ4n) is 2.92. The van der Waals surface area contributed by atoms with E-state index in [1.165, 1.54) is 4.90 Å². The van der Waals surface area contributed by atoms with Gasteiger partial charge in [-0.15, -0.1) is 0 Å². The molecule has 1 N–H and O–H groups in total. The van der Waals surface area contributed by atoms with Crippen molar-refractivity contribution in [3.8, 4) is 11.5 Å². The lowest BCUT2D eigenvalue weighted by atomic mass is 9.98. The number of nitrogens with zero attached hydrogens (tertiary/aromatic N) is 1. The summed E-state index contributed by atoms with van der Waals surface area (Å²) >= 11 is 6.44. The molecule has 0 unspecified atom stereocenters. The van der Waals surface area contributed by atoms with Gasteiger partial charge in [0.2, 0.25) is 0 Å².